The van der Waals surface area contributed by atoms with Gasteiger partial charge in [0.1, 0.15) is 19.6 Å². The SMILES string of the molecule is O=C(NC(=O)c1ccc(Nc2cc(S(=O)(=O)O)cc3cc(S(=O)(=O)O)cc(S(=O)(=O)O)c23)c(S(=O)(=O)O)c1)NC(=O)c1ccc(Nc2cc(S(=O)(=O)O)cc3cc(S(=O)(=O)O)cc(S(=O)(=O)O)c23)c(S(=O)(=O)O)c1. The third-order valence-corrected chi connectivity index (χ3v) is 16.6. The summed E-state index contributed by atoms with van der Waals surface area (Å²) in [5.74, 6) is -3.19. The predicted molar refractivity (Wildman–Crippen MR) is 246 cm³/mol. The summed E-state index contributed by atoms with van der Waals surface area (Å²) >= 11 is 0. The van der Waals surface area contributed by atoms with Gasteiger partial charge >= 0.3 is 6.03 Å². The molecular formula is C35H26N4O27S8. The van der Waals surface area contributed by atoms with Crippen LogP contribution in [0.15, 0.2) is 124 Å². The molecule has 0 bridgehead atoms. The molecule has 0 saturated carbocycles. The Balaban J connectivity index is 1.33. The third-order valence-electron chi connectivity index (χ3n) is 9.70. The van der Waals surface area contributed by atoms with Crippen LogP contribution >= 0.6 is 0 Å². The van der Waals surface area contributed by atoms with E-state index < -0.39 is 193 Å². The summed E-state index contributed by atoms with van der Waals surface area (Å²) in [6.07, 6.45) is 0. The molecule has 0 aliphatic heterocycles. The zero-order valence-electron chi connectivity index (χ0n) is 35.2. The van der Waals surface area contributed by atoms with Crippen molar-refractivity contribution in [3.05, 3.63) is 96.1 Å². The van der Waals surface area contributed by atoms with Gasteiger partial charge in [-0.1, -0.05) is 0 Å². The Morgan fingerprint density at radius 1 is 0.311 bits per heavy atom. The molecule has 0 radical (unpaired) electrons. The molecule has 12 N–H and O–H groups in total. The predicted octanol–water partition coefficient (Wildman–Crippen LogP) is 1.73. The molecule has 39 heteroatoms. The molecule has 74 heavy (non-hydrogen) atoms. The van der Waals surface area contributed by atoms with Gasteiger partial charge in [0.2, 0.25) is 0 Å². The van der Waals surface area contributed by atoms with E-state index in [1.165, 1.54) is 0 Å². The van der Waals surface area contributed by atoms with E-state index >= 15 is 0 Å². The maximum atomic E-state index is 13.1. The molecule has 0 aromatic heterocycles. The van der Waals surface area contributed by atoms with E-state index in [2.05, 4.69) is 10.6 Å². The largest absolute Gasteiger partial charge is 0.354 e. The minimum absolute atomic E-state index is 0.208. The van der Waals surface area contributed by atoms with Gasteiger partial charge in [0.25, 0.3) is 92.8 Å². The first kappa shape index (κ1) is 56.6. The lowest BCUT2D eigenvalue weighted by Crippen LogP contribution is -2.42. The lowest BCUT2D eigenvalue weighted by atomic mass is 10.1. The van der Waals surface area contributed by atoms with Gasteiger partial charge in [-0.05, 0) is 95.7 Å². The first-order chi connectivity index (χ1) is 33.4. The molecule has 0 aliphatic rings. The minimum atomic E-state index is -5.55. The zero-order chi connectivity index (χ0) is 55.9. The van der Waals surface area contributed by atoms with Crippen molar-refractivity contribution in [3.8, 4) is 0 Å². The van der Waals surface area contributed by atoms with Crippen molar-refractivity contribution < 1.29 is 118 Å². The topological polar surface area (TPSA) is 534 Å². The number of urea groups is 1. The molecule has 0 fully saturated rings. The van der Waals surface area contributed by atoms with Crippen molar-refractivity contribution in [2.75, 3.05) is 10.6 Å². The molecule has 0 aliphatic carbocycles. The van der Waals surface area contributed by atoms with Gasteiger partial charge < -0.3 is 10.6 Å². The average molecular weight is 1190 g/mol. The standard InChI is InChI=1S/C35H26N4O27S8/c40-33(15-1-3-23(27(9-15)71(55,56)57)36-25-11-19(67(43,44)45)5-17-7-21(69(49,50)51)13-29(31(17)25)73(61,62)63)38-35(42)39-34(41)16-2-4-24(28(10-16)72(58,59)60)37-26-12-20(68(46,47)48)6-18-8-22(70(52,53)54)14-30(32(18)26)74(64,65)66/h1-14,36-37H,(H,43,44,45)(H,46,47,48)(H,49,50,51)(H,52,53,54)(H,55,56,57)(H,58,59,60)(H,61,62,63)(H,64,65,66)(H2,38,39,40,41,42). The number of nitrogens with one attached hydrogen (secondary N) is 4. The molecule has 6 rings (SSSR count). The van der Waals surface area contributed by atoms with E-state index in [1.807, 2.05) is 0 Å². The first-order valence-electron chi connectivity index (χ1n) is 18.5. The van der Waals surface area contributed by atoms with Crippen molar-refractivity contribution in [1.29, 1.82) is 0 Å². The van der Waals surface area contributed by atoms with Gasteiger partial charge in [-0.15, -0.1) is 0 Å². The van der Waals surface area contributed by atoms with Crippen molar-refractivity contribution in [1.82, 2.24) is 10.6 Å². The van der Waals surface area contributed by atoms with Gasteiger partial charge in [0.15, 0.2) is 0 Å². The van der Waals surface area contributed by atoms with Gasteiger partial charge in [-0.25, -0.2) is 4.79 Å². The fraction of sp³-hybridized carbons (Fsp3) is 0. The van der Waals surface area contributed by atoms with Crippen LogP contribution in [0.3, 0.4) is 0 Å². The van der Waals surface area contributed by atoms with Crippen LogP contribution in [0.1, 0.15) is 20.7 Å². The highest BCUT2D eigenvalue weighted by Crippen LogP contribution is 2.40. The number of imide groups is 2. The molecule has 0 atom stereocenters. The summed E-state index contributed by atoms with van der Waals surface area (Å²) in [5, 5.41) is 4.35. The number of hydrogen-bond acceptors (Lipinski definition) is 21. The Morgan fingerprint density at radius 2 is 0.581 bits per heavy atom. The highest BCUT2D eigenvalue weighted by molar-refractivity contribution is 7.88. The van der Waals surface area contributed by atoms with Crippen molar-refractivity contribution in [2.24, 2.45) is 0 Å². The number of hydrogen-bond donors (Lipinski definition) is 12. The van der Waals surface area contributed by atoms with Gasteiger partial charge in [-0.3, -0.25) is 56.6 Å². The zero-order valence-corrected chi connectivity index (χ0v) is 41.7. The normalized spacial score (nSPS) is 13.1. The number of fused-ring (bicyclic) bond motifs is 2. The monoisotopic (exact) mass is 1190 g/mol. The number of rotatable bonds is 14. The number of anilines is 4. The number of benzene rings is 6. The number of carbonyl (C=O) groups excluding carboxylic acids is 3. The molecule has 396 valence electrons. The van der Waals surface area contributed by atoms with Crippen molar-refractivity contribution >= 4 is 143 Å². The van der Waals surface area contributed by atoms with Crippen LogP contribution in [0.5, 0.6) is 0 Å². The van der Waals surface area contributed by atoms with E-state index in [4.69, 9.17) is 0 Å². The molecule has 0 unspecified atom stereocenters. The van der Waals surface area contributed by atoms with E-state index in [1.54, 1.807) is 10.6 Å². The molecule has 0 saturated heterocycles. The summed E-state index contributed by atoms with van der Waals surface area (Å²) in [7, 11) is -43.4. The van der Waals surface area contributed by atoms with Crippen LogP contribution < -0.4 is 21.3 Å². The fourth-order valence-corrected chi connectivity index (χ4v) is 11.9. The lowest BCUT2D eigenvalue weighted by Gasteiger charge is -2.17. The highest BCUT2D eigenvalue weighted by Gasteiger charge is 2.30. The van der Waals surface area contributed by atoms with Gasteiger partial charge in [0, 0.05) is 33.3 Å². The van der Waals surface area contributed by atoms with Crippen LogP contribution in [0.2, 0.25) is 0 Å². The summed E-state index contributed by atoms with van der Waals surface area (Å²) in [6, 6.07) is 4.74. The van der Waals surface area contributed by atoms with Crippen LogP contribution in [-0.4, -0.2) is 122 Å². The Hall–Kier alpha value is -6.67. The third kappa shape index (κ3) is 12.5. The van der Waals surface area contributed by atoms with Crippen LogP contribution in [0.25, 0.3) is 21.5 Å². The second kappa shape index (κ2) is 18.9. The Bertz CT molecular complexity index is 4170. The van der Waals surface area contributed by atoms with Crippen LogP contribution in [-0.2, 0) is 80.9 Å². The Morgan fingerprint density at radius 3 is 0.838 bits per heavy atom. The molecule has 4 amide bonds. The van der Waals surface area contributed by atoms with E-state index in [0.29, 0.717) is 72.8 Å². The van der Waals surface area contributed by atoms with E-state index in [9.17, 15) is 118 Å². The highest BCUT2D eigenvalue weighted by atomic mass is 32.2. The fourth-order valence-electron chi connectivity index (χ4n) is 6.68. The van der Waals surface area contributed by atoms with Gasteiger partial charge in [0.05, 0.1) is 31.0 Å². The Labute approximate surface area is 415 Å². The second-order valence-electron chi connectivity index (χ2n) is 14.7. The van der Waals surface area contributed by atoms with E-state index in [0.717, 1.165) is 0 Å². The minimum Gasteiger partial charge on any atom is -0.354 e. The Kier molecular flexibility index (Phi) is 14.5. The number of carbonyl (C=O) groups is 3. The van der Waals surface area contributed by atoms with Crippen LogP contribution in [0.4, 0.5) is 27.5 Å². The molecule has 0 heterocycles. The smallest absolute Gasteiger partial charge is 0.328 e. The number of amides is 4. The summed E-state index contributed by atoms with van der Waals surface area (Å²) < 4.78 is 275. The first-order valence-corrected chi connectivity index (χ1v) is 30.0. The summed E-state index contributed by atoms with van der Waals surface area (Å²) in [5.41, 5.74) is -5.19. The molecule has 6 aromatic carbocycles. The maximum absolute atomic E-state index is 13.1. The summed E-state index contributed by atoms with van der Waals surface area (Å²) in [6.45, 7) is 0. The van der Waals surface area contributed by atoms with Gasteiger partial charge in [-0.2, -0.15) is 67.3 Å². The van der Waals surface area contributed by atoms with Crippen molar-refractivity contribution in [3.63, 3.8) is 0 Å². The molecule has 6 aromatic rings. The van der Waals surface area contributed by atoms with Crippen LogP contribution in [0, 0.1) is 0 Å². The maximum Gasteiger partial charge on any atom is 0.328 e. The second-order valence-corrected chi connectivity index (χ2v) is 25.9. The summed E-state index contributed by atoms with van der Waals surface area (Å²) in [4.78, 5) is 29.1. The lowest BCUT2D eigenvalue weighted by molar-refractivity contribution is 0.0944. The quantitative estimate of drug-likeness (QED) is 0.0691. The molecular weight excluding hydrogens is 1160 g/mol. The molecule has 0 spiro atoms. The van der Waals surface area contributed by atoms with E-state index in [-0.39, 0.29) is 12.1 Å². The van der Waals surface area contributed by atoms with Crippen molar-refractivity contribution in [2.45, 2.75) is 39.2 Å². The molecule has 31 nitrogen and oxygen atoms in total. The average Bonchev–Trinajstić information content (AvgIpc) is 3.22.